The Morgan fingerprint density at radius 3 is 2.90 bits per heavy atom. The van der Waals surface area contributed by atoms with Gasteiger partial charge >= 0.3 is 0 Å². The van der Waals surface area contributed by atoms with Crippen LogP contribution >= 0.6 is 0 Å². The molecule has 1 aliphatic heterocycles. The molecule has 0 amide bonds. The molecule has 1 heteroatoms. The van der Waals surface area contributed by atoms with E-state index in [0.717, 1.165) is 25.6 Å². The highest BCUT2D eigenvalue weighted by Gasteiger charge is 2.04. The van der Waals surface area contributed by atoms with Crippen molar-refractivity contribution in [2.24, 2.45) is 5.92 Å². The molecule has 0 saturated heterocycles. The van der Waals surface area contributed by atoms with Gasteiger partial charge in [-0.1, -0.05) is 19.9 Å². The quantitative estimate of drug-likeness (QED) is 0.535. The number of hydrogen-bond acceptors (Lipinski definition) is 1. The molecule has 0 aromatic rings. The van der Waals surface area contributed by atoms with Gasteiger partial charge < -0.3 is 4.74 Å². The molecule has 58 valence electrons. The van der Waals surface area contributed by atoms with Crippen LogP contribution in [0.5, 0.6) is 0 Å². The molecule has 1 nitrogen and oxygen atoms in total. The molecule has 0 atom stereocenters. The van der Waals surface area contributed by atoms with Gasteiger partial charge in [0, 0.05) is 0 Å². The van der Waals surface area contributed by atoms with Crippen molar-refractivity contribution in [2.75, 3.05) is 13.2 Å². The first-order chi connectivity index (χ1) is 4.79. The summed E-state index contributed by atoms with van der Waals surface area (Å²) >= 11 is 0. The summed E-state index contributed by atoms with van der Waals surface area (Å²) in [6.07, 6.45) is 4.64. The third kappa shape index (κ3) is 2.53. The van der Waals surface area contributed by atoms with Crippen molar-refractivity contribution in [3.05, 3.63) is 11.6 Å². The van der Waals surface area contributed by atoms with Crippen LogP contribution in [0.3, 0.4) is 0 Å². The highest BCUT2D eigenvalue weighted by Crippen LogP contribution is 2.14. The fourth-order valence-electron chi connectivity index (χ4n) is 1.28. The van der Waals surface area contributed by atoms with Crippen LogP contribution in [0.1, 0.15) is 26.7 Å². The van der Waals surface area contributed by atoms with Crippen molar-refractivity contribution in [3.63, 3.8) is 0 Å². The second-order valence-electron chi connectivity index (χ2n) is 3.30. The predicted molar refractivity (Wildman–Crippen MR) is 43.0 cm³/mol. The zero-order valence-corrected chi connectivity index (χ0v) is 6.89. The zero-order valence-electron chi connectivity index (χ0n) is 6.89. The standard InChI is InChI=1S/C9H16O/c1-8(2)6-9-4-3-5-10-7-9/h4,8H,3,5-7H2,1-2H3. The summed E-state index contributed by atoms with van der Waals surface area (Å²) in [5, 5.41) is 0. The summed E-state index contributed by atoms with van der Waals surface area (Å²) in [5.41, 5.74) is 1.49. The van der Waals surface area contributed by atoms with Gasteiger partial charge in [-0.2, -0.15) is 0 Å². The van der Waals surface area contributed by atoms with E-state index < -0.39 is 0 Å². The van der Waals surface area contributed by atoms with Crippen LogP contribution in [0.25, 0.3) is 0 Å². The highest BCUT2D eigenvalue weighted by atomic mass is 16.5. The fourth-order valence-corrected chi connectivity index (χ4v) is 1.28. The van der Waals surface area contributed by atoms with Gasteiger partial charge in [0.15, 0.2) is 0 Å². The lowest BCUT2D eigenvalue weighted by Gasteiger charge is -2.14. The molecule has 0 spiro atoms. The Hall–Kier alpha value is -0.300. The third-order valence-corrected chi connectivity index (χ3v) is 1.65. The van der Waals surface area contributed by atoms with E-state index in [1.165, 1.54) is 12.0 Å². The molecule has 0 saturated carbocycles. The van der Waals surface area contributed by atoms with Gasteiger partial charge in [-0.3, -0.25) is 0 Å². The Kier molecular flexibility index (Phi) is 2.94. The van der Waals surface area contributed by atoms with Gasteiger partial charge in [0.25, 0.3) is 0 Å². The van der Waals surface area contributed by atoms with Gasteiger partial charge in [-0.15, -0.1) is 0 Å². The number of hydrogen-bond donors (Lipinski definition) is 0. The fraction of sp³-hybridized carbons (Fsp3) is 0.778. The molecule has 0 bridgehead atoms. The molecule has 0 aromatic heterocycles. The lowest BCUT2D eigenvalue weighted by molar-refractivity contribution is 0.146. The molecule has 0 fully saturated rings. The van der Waals surface area contributed by atoms with E-state index in [-0.39, 0.29) is 0 Å². The average Bonchev–Trinajstić information content (AvgIpc) is 1.88. The monoisotopic (exact) mass is 140 g/mol. The molecule has 0 N–H and O–H groups in total. The van der Waals surface area contributed by atoms with E-state index in [0.29, 0.717) is 0 Å². The Labute approximate surface area is 63.1 Å². The van der Waals surface area contributed by atoms with Gasteiger partial charge in [-0.25, -0.2) is 0 Å². The maximum atomic E-state index is 5.31. The van der Waals surface area contributed by atoms with Gasteiger partial charge in [0.2, 0.25) is 0 Å². The molecule has 0 radical (unpaired) electrons. The smallest absolute Gasteiger partial charge is 0.0677 e. The van der Waals surface area contributed by atoms with Crippen molar-refractivity contribution in [1.29, 1.82) is 0 Å². The second-order valence-corrected chi connectivity index (χ2v) is 3.30. The molecule has 10 heavy (non-hydrogen) atoms. The average molecular weight is 140 g/mol. The maximum absolute atomic E-state index is 5.31. The number of rotatable bonds is 2. The van der Waals surface area contributed by atoms with Crippen molar-refractivity contribution >= 4 is 0 Å². The first kappa shape index (κ1) is 7.80. The second kappa shape index (κ2) is 3.77. The van der Waals surface area contributed by atoms with Gasteiger partial charge in [0.1, 0.15) is 0 Å². The topological polar surface area (TPSA) is 9.23 Å². The van der Waals surface area contributed by atoms with E-state index in [1.54, 1.807) is 0 Å². The molecular weight excluding hydrogens is 124 g/mol. The van der Waals surface area contributed by atoms with Crippen molar-refractivity contribution in [1.82, 2.24) is 0 Å². The van der Waals surface area contributed by atoms with E-state index in [1.807, 2.05) is 0 Å². The Morgan fingerprint density at radius 2 is 2.40 bits per heavy atom. The van der Waals surface area contributed by atoms with Crippen LogP contribution in [-0.4, -0.2) is 13.2 Å². The third-order valence-electron chi connectivity index (χ3n) is 1.65. The minimum Gasteiger partial charge on any atom is -0.377 e. The summed E-state index contributed by atoms with van der Waals surface area (Å²) in [7, 11) is 0. The molecule has 1 heterocycles. The maximum Gasteiger partial charge on any atom is 0.0677 e. The van der Waals surface area contributed by atoms with Crippen LogP contribution < -0.4 is 0 Å². The summed E-state index contributed by atoms with van der Waals surface area (Å²) in [4.78, 5) is 0. The summed E-state index contributed by atoms with van der Waals surface area (Å²) < 4.78 is 5.31. The normalized spacial score (nSPS) is 19.3. The summed E-state index contributed by atoms with van der Waals surface area (Å²) in [6.45, 7) is 6.28. The Morgan fingerprint density at radius 1 is 1.60 bits per heavy atom. The molecule has 0 aliphatic carbocycles. The Bertz CT molecular complexity index is 125. The lowest BCUT2D eigenvalue weighted by Crippen LogP contribution is -2.07. The SMILES string of the molecule is CC(C)CC1=CCCOC1. The minimum absolute atomic E-state index is 0.771. The molecule has 0 aromatic carbocycles. The van der Waals surface area contributed by atoms with Crippen LogP contribution in [0.2, 0.25) is 0 Å². The van der Waals surface area contributed by atoms with Crippen molar-refractivity contribution in [2.45, 2.75) is 26.7 Å². The van der Waals surface area contributed by atoms with Crippen molar-refractivity contribution < 1.29 is 4.74 Å². The van der Waals surface area contributed by atoms with Crippen LogP contribution in [-0.2, 0) is 4.74 Å². The first-order valence-corrected chi connectivity index (χ1v) is 4.04. The summed E-state index contributed by atoms with van der Waals surface area (Å²) in [5.74, 6) is 0.771. The summed E-state index contributed by atoms with van der Waals surface area (Å²) in [6, 6.07) is 0. The minimum atomic E-state index is 0.771. The van der Waals surface area contributed by atoms with Crippen molar-refractivity contribution in [3.8, 4) is 0 Å². The molecular formula is C9H16O. The lowest BCUT2D eigenvalue weighted by atomic mass is 10.0. The van der Waals surface area contributed by atoms with Crippen LogP contribution in [0.15, 0.2) is 11.6 Å². The predicted octanol–water partition coefficient (Wildman–Crippen LogP) is 2.38. The molecule has 1 rings (SSSR count). The molecule has 0 unspecified atom stereocenters. The van der Waals surface area contributed by atoms with Gasteiger partial charge in [-0.05, 0) is 24.3 Å². The van der Waals surface area contributed by atoms with Crippen LogP contribution in [0, 0.1) is 5.92 Å². The van der Waals surface area contributed by atoms with E-state index >= 15 is 0 Å². The van der Waals surface area contributed by atoms with E-state index in [2.05, 4.69) is 19.9 Å². The molecule has 1 aliphatic rings. The van der Waals surface area contributed by atoms with Crippen LogP contribution in [0.4, 0.5) is 0 Å². The van der Waals surface area contributed by atoms with E-state index in [9.17, 15) is 0 Å². The number of ether oxygens (including phenoxy) is 1. The van der Waals surface area contributed by atoms with E-state index in [4.69, 9.17) is 4.74 Å². The Balaban J connectivity index is 2.31. The highest BCUT2D eigenvalue weighted by molar-refractivity contribution is 5.04. The van der Waals surface area contributed by atoms with Gasteiger partial charge in [0.05, 0.1) is 13.2 Å². The largest absolute Gasteiger partial charge is 0.377 e. The zero-order chi connectivity index (χ0) is 7.40. The first-order valence-electron chi connectivity index (χ1n) is 4.04.